The molecule has 1 unspecified atom stereocenters. The predicted molar refractivity (Wildman–Crippen MR) is 91.8 cm³/mol. The van der Waals surface area contributed by atoms with Crippen LogP contribution in [-0.2, 0) is 22.5 Å². The minimum absolute atomic E-state index is 0.0861. The highest BCUT2D eigenvalue weighted by molar-refractivity contribution is 5.89. The molecule has 5 nitrogen and oxygen atoms in total. The van der Waals surface area contributed by atoms with Crippen molar-refractivity contribution in [3.63, 3.8) is 0 Å². The number of fused-ring (bicyclic) bond motifs is 1. The number of nitrogens with zero attached hydrogens (tertiary/aromatic N) is 2. The Labute approximate surface area is 143 Å². The molecule has 2 aliphatic rings. The molecule has 0 N–H and O–H groups in total. The number of Topliss-reactive ketones (excluding diaryl/α,β-unsaturated/α-hetero) is 1. The maximum atomic E-state index is 12.6. The molecule has 1 aromatic rings. The summed E-state index contributed by atoms with van der Waals surface area (Å²) in [6, 6.07) is 8.34. The van der Waals surface area contributed by atoms with Crippen LogP contribution in [-0.4, -0.2) is 53.0 Å². The molecule has 1 atom stereocenters. The zero-order valence-corrected chi connectivity index (χ0v) is 14.7. The molecule has 0 spiro atoms. The van der Waals surface area contributed by atoms with Gasteiger partial charge in [-0.15, -0.1) is 0 Å². The van der Waals surface area contributed by atoms with Crippen molar-refractivity contribution in [2.24, 2.45) is 0 Å². The summed E-state index contributed by atoms with van der Waals surface area (Å²) in [5, 5.41) is 0. The van der Waals surface area contributed by atoms with E-state index in [-0.39, 0.29) is 18.4 Å². The third-order valence-corrected chi connectivity index (χ3v) is 4.64. The second-order valence-electron chi connectivity index (χ2n) is 7.66. The van der Waals surface area contributed by atoms with E-state index in [1.807, 2.05) is 20.8 Å². The fourth-order valence-corrected chi connectivity index (χ4v) is 3.46. The van der Waals surface area contributed by atoms with Crippen molar-refractivity contribution >= 4 is 11.9 Å². The summed E-state index contributed by atoms with van der Waals surface area (Å²) >= 11 is 0. The highest BCUT2D eigenvalue weighted by Gasteiger charge is 2.36. The van der Waals surface area contributed by atoms with Crippen LogP contribution in [0.5, 0.6) is 0 Å². The lowest BCUT2D eigenvalue weighted by Crippen LogP contribution is -2.54. The minimum Gasteiger partial charge on any atom is -0.444 e. The fraction of sp³-hybridized carbons (Fsp3) is 0.579. The van der Waals surface area contributed by atoms with Crippen LogP contribution in [0.1, 0.15) is 38.3 Å². The highest BCUT2D eigenvalue weighted by atomic mass is 16.6. The Hall–Kier alpha value is -1.88. The Kier molecular flexibility index (Phi) is 4.63. The fourth-order valence-electron chi connectivity index (χ4n) is 3.46. The first-order valence-corrected chi connectivity index (χ1v) is 8.65. The van der Waals surface area contributed by atoms with E-state index in [0.717, 1.165) is 19.5 Å². The minimum atomic E-state index is -0.534. The van der Waals surface area contributed by atoms with Crippen molar-refractivity contribution in [2.45, 2.75) is 51.8 Å². The second kappa shape index (κ2) is 6.55. The smallest absolute Gasteiger partial charge is 0.410 e. The van der Waals surface area contributed by atoms with Crippen LogP contribution >= 0.6 is 0 Å². The van der Waals surface area contributed by atoms with Crippen LogP contribution in [0, 0.1) is 0 Å². The molecule has 1 fully saturated rings. The molecule has 130 valence electrons. The van der Waals surface area contributed by atoms with Gasteiger partial charge in [0.05, 0.1) is 12.6 Å². The number of likely N-dealkylation sites (tertiary alicyclic amines) is 1. The summed E-state index contributed by atoms with van der Waals surface area (Å²) in [5.74, 6) is 0.117. The van der Waals surface area contributed by atoms with Gasteiger partial charge in [0.15, 0.2) is 5.78 Å². The molecular formula is C19H26N2O3. The summed E-state index contributed by atoms with van der Waals surface area (Å²) in [6.07, 6.45) is 1.27. The number of hydrogen-bond acceptors (Lipinski definition) is 4. The van der Waals surface area contributed by atoms with Gasteiger partial charge >= 0.3 is 6.09 Å². The molecule has 1 aromatic carbocycles. The van der Waals surface area contributed by atoms with E-state index in [1.54, 1.807) is 0 Å². The maximum Gasteiger partial charge on any atom is 0.410 e. The van der Waals surface area contributed by atoms with Crippen LogP contribution in [0.25, 0.3) is 0 Å². The number of piperidine rings is 1. The topological polar surface area (TPSA) is 49.9 Å². The van der Waals surface area contributed by atoms with Crippen molar-refractivity contribution in [2.75, 3.05) is 19.6 Å². The average Bonchev–Trinajstić information content (AvgIpc) is 2.52. The number of ether oxygens (including phenoxy) is 1. The summed E-state index contributed by atoms with van der Waals surface area (Å²) in [4.78, 5) is 28.5. The van der Waals surface area contributed by atoms with E-state index in [1.165, 1.54) is 16.0 Å². The van der Waals surface area contributed by atoms with Crippen molar-refractivity contribution in [1.29, 1.82) is 0 Å². The Morgan fingerprint density at radius 3 is 2.50 bits per heavy atom. The van der Waals surface area contributed by atoms with Gasteiger partial charge in [-0.05, 0) is 44.7 Å². The van der Waals surface area contributed by atoms with Crippen molar-refractivity contribution in [1.82, 2.24) is 9.80 Å². The zero-order valence-electron chi connectivity index (χ0n) is 14.7. The molecule has 3 rings (SSSR count). The monoisotopic (exact) mass is 330 g/mol. The van der Waals surface area contributed by atoms with E-state index >= 15 is 0 Å². The van der Waals surface area contributed by atoms with Gasteiger partial charge in [0.1, 0.15) is 5.60 Å². The molecule has 0 bridgehead atoms. The number of carbonyl (C=O) groups is 2. The van der Waals surface area contributed by atoms with Gasteiger partial charge in [0.2, 0.25) is 0 Å². The molecule has 0 radical (unpaired) electrons. The van der Waals surface area contributed by atoms with Gasteiger partial charge in [-0.3, -0.25) is 9.69 Å². The van der Waals surface area contributed by atoms with E-state index in [2.05, 4.69) is 29.2 Å². The molecule has 2 aliphatic heterocycles. The van der Waals surface area contributed by atoms with Gasteiger partial charge in [-0.2, -0.15) is 0 Å². The first-order valence-electron chi connectivity index (χ1n) is 8.65. The standard InChI is InChI=1S/C19H26N2O3/c1-19(2,3)24-18(23)21-11-9-16(17(22)13-21)20-10-8-14-6-4-5-7-15(14)12-20/h4-7,16H,8-13H2,1-3H3. The summed E-state index contributed by atoms with van der Waals surface area (Å²) in [7, 11) is 0. The lowest BCUT2D eigenvalue weighted by atomic mass is 9.95. The molecular weight excluding hydrogens is 304 g/mol. The van der Waals surface area contributed by atoms with E-state index in [4.69, 9.17) is 4.74 Å². The second-order valence-corrected chi connectivity index (χ2v) is 7.66. The first kappa shape index (κ1) is 17.0. The number of amides is 1. The lowest BCUT2D eigenvalue weighted by Gasteiger charge is -2.39. The number of hydrogen-bond donors (Lipinski definition) is 0. The van der Waals surface area contributed by atoms with Crippen LogP contribution in [0.2, 0.25) is 0 Å². The number of rotatable bonds is 1. The molecule has 0 saturated carbocycles. The Morgan fingerprint density at radius 2 is 1.83 bits per heavy atom. The van der Waals surface area contributed by atoms with Gasteiger partial charge in [0.25, 0.3) is 0 Å². The number of ketones is 1. The van der Waals surface area contributed by atoms with Gasteiger partial charge in [-0.1, -0.05) is 24.3 Å². The molecule has 0 aliphatic carbocycles. The van der Waals surface area contributed by atoms with Gasteiger partial charge in [0, 0.05) is 19.6 Å². The third kappa shape index (κ3) is 3.78. The van der Waals surface area contributed by atoms with Gasteiger partial charge < -0.3 is 9.64 Å². The molecule has 1 amide bonds. The van der Waals surface area contributed by atoms with Crippen molar-refractivity contribution in [3.8, 4) is 0 Å². The molecule has 24 heavy (non-hydrogen) atoms. The summed E-state index contributed by atoms with van der Waals surface area (Å²) in [6.45, 7) is 7.96. The largest absolute Gasteiger partial charge is 0.444 e. The Balaban J connectivity index is 1.61. The zero-order chi connectivity index (χ0) is 17.3. The SMILES string of the molecule is CC(C)(C)OC(=O)N1CCC(N2CCc3ccccc3C2)C(=O)C1. The highest BCUT2D eigenvalue weighted by Crippen LogP contribution is 2.24. The molecule has 1 saturated heterocycles. The average molecular weight is 330 g/mol. The molecule has 0 aromatic heterocycles. The molecule has 2 heterocycles. The maximum absolute atomic E-state index is 12.6. The summed E-state index contributed by atoms with van der Waals surface area (Å²) in [5.41, 5.74) is 2.16. The number of carbonyl (C=O) groups excluding carboxylic acids is 2. The Morgan fingerprint density at radius 1 is 1.12 bits per heavy atom. The normalized spacial score (nSPS) is 22.2. The van der Waals surface area contributed by atoms with E-state index < -0.39 is 11.7 Å². The van der Waals surface area contributed by atoms with Crippen LogP contribution in [0.4, 0.5) is 4.79 Å². The van der Waals surface area contributed by atoms with Crippen LogP contribution in [0.15, 0.2) is 24.3 Å². The lowest BCUT2D eigenvalue weighted by molar-refractivity contribution is -0.128. The number of benzene rings is 1. The summed E-state index contributed by atoms with van der Waals surface area (Å²) < 4.78 is 5.37. The van der Waals surface area contributed by atoms with Crippen LogP contribution < -0.4 is 0 Å². The van der Waals surface area contributed by atoms with Crippen molar-refractivity contribution in [3.05, 3.63) is 35.4 Å². The van der Waals surface area contributed by atoms with E-state index in [9.17, 15) is 9.59 Å². The third-order valence-electron chi connectivity index (χ3n) is 4.64. The van der Waals surface area contributed by atoms with Crippen LogP contribution in [0.3, 0.4) is 0 Å². The predicted octanol–water partition coefficient (Wildman–Crippen LogP) is 2.62. The Bertz CT molecular complexity index is 636. The molecule has 5 heteroatoms. The quantitative estimate of drug-likeness (QED) is 0.794. The van der Waals surface area contributed by atoms with E-state index in [0.29, 0.717) is 13.0 Å². The van der Waals surface area contributed by atoms with Gasteiger partial charge in [-0.25, -0.2) is 4.79 Å². The van der Waals surface area contributed by atoms with Crippen molar-refractivity contribution < 1.29 is 14.3 Å². The first-order chi connectivity index (χ1) is 11.3.